The summed E-state index contributed by atoms with van der Waals surface area (Å²) in [7, 11) is 0. The van der Waals surface area contributed by atoms with Gasteiger partial charge in [0.25, 0.3) is 0 Å². The number of hydrogen-bond donors (Lipinski definition) is 2. The Morgan fingerprint density at radius 2 is 2.00 bits per heavy atom. The van der Waals surface area contributed by atoms with Gasteiger partial charge < -0.3 is 0 Å². The molecule has 0 saturated heterocycles. The van der Waals surface area contributed by atoms with Crippen LogP contribution in [0.15, 0.2) is 35.5 Å². The van der Waals surface area contributed by atoms with Crippen LogP contribution in [0.4, 0.5) is 11.4 Å². The lowest BCUT2D eigenvalue weighted by Crippen LogP contribution is -2.32. The molecule has 0 unspecified atom stereocenters. The van der Waals surface area contributed by atoms with Crippen LogP contribution in [0.2, 0.25) is 0 Å². The summed E-state index contributed by atoms with van der Waals surface area (Å²) in [5.41, 5.74) is 9.36. The Labute approximate surface area is 112 Å². The Morgan fingerprint density at radius 1 is 1.16 bits per heavy atom. The van der Waals surface area contributed by atoms with Gasteiger partial charge in [-0.15, -0.1) is 0 Å². The highest BCUT2D eigenvalue weighted by Gasteiger charge is 2.14. The van der Waals surface area contributed by atoms with Crippen molar-refractivity contribution in [3.8, 4) is 0 Å². The van der Waals surface area contributed by atoms with E-state index in [1.807, 2.05) is 24.4 Å². The van der Waals surface area contributed by atoms with Gasteiger partial charge >= 0.3 is 0 Å². The number of hydrazine groups is 1. The molecule has 98 valence electrons. The summed E-state index contributed by atoms with van der Waals surface area (Å²) >= 11 is 0. The van der Waals surface area contributed by atoms with Crippen LogP contribution in [0, 0.1) is 5.92 Å². The predicted octanol–water partition coefficient (Wildman–Crippen LogP) is 3.63. The first kappa shape index (κ1) is 12.0. The Hall–Kier alpha value is -2.10. The van der Waals surface area contributed by atoms with Crippen LogP contribution in [0.5, 0.6) is 0 Å². The number of rotatable bonds is 3. The van der Waals surface area contributed by atoms with Gasteiger partial charge in [0.2, 0.25) is 0 Å². The predicted molar refractivity (Wildman–Crippen MR) is 79.7 cm³/mol. The normalized spacial score (nSPS) is 13.7. The molecule has 3 rings (SSSR count). The smallest absolute Gasteiger partial charge is 0.121 e. The van der Waals surface area contributed by atoms with Gasteiger partial charge in [0.1, 0.15) is 11.5 Å². The van der Waals surface area contributed by atoms with Gasteiger partial charge in [-0.3, -0.25) is 15.8 Å². The highest BCUT2D eigenvalue weighted by Crippen LogP contribution is 2.33. The van der Waals surface area contributed by atoms with Crippen molar-refractivity contribution >= 4 is 28.1 Å². The van der Waals surface area contributed by atoms with Gasteiger partial charge in [-0.05, 0) is 18.4 Å². The molecule has 0 amide bonds. The van der Waals surface area contributed by atoms with Gasteiger partial charge in [-0.1, -0.05) is 32.0 Å². The molecule has 2 aromatic rings. The molecule has 1 aromatic carbocycles. The van der Waals surface area contributed by atoms with E-state index in [4.69, 9.17) is 0 Å². The third kappa shape index (κ3) is 2.38. The zero-order valence-electron chi connectivity index (χ0n) is 11.3. The van der Waals surface area contributed by atoms with Crippen molar-refractivity contribution in [2.45, 2.75) is 26.7 Å². The Kier molecular flexibility index (Phi) is 3.07. The number of hydrogen-bond acceptors (Lipinski definition) is 4. The van der Waals surface area contributed by atoms with Crippen LogP contribution in [-0.4, -0.2) is 10.8 Å². The van der Waals surface area contributed by atoms with Crippen LogP contribution in [0.3, 0.4) is 0 Å². The van der Waals surface area contributed by atoms with E-state index in [0.29, 0.717) is 5.92 Å². The van der Waals surface area contributed by atoms with Crippen molar-refractivity contribution in [2.24, 2.45) is 10.9 Å². The van der Waals surface area contributed by atoms with Crippen LogP contribution in [0.1, 0.15) is 26.7 Å². The van der Waals surface area contributed by atoms with E-state index in [1.54, 1.807) is 0 Å². The number of amidine groups is 1. The van der Waals surface area contributed by atoms with Gasteiger partial charge in [-0.2, -0.15) is 0 Å². The highest BCUT2D eigenvalue weighted by atomic mass is 15.4. The molecule has 19 heavy (non-hydrogen) atoms. The molecule has 0 saturated carbocycles. The molecule has 2 heterocycles. The van der Waals surface area contributed by atoms with E-state index in [-0.39, 0.29) is 0 Å². The third-order valence-electron chi connectivity index (χ3n) is 3.30. The van der Waals surface area contributed by atoms with Crippen LogP contribution in [0.25, 0.3) is 10.9 Å². The number of pyridine rings is 1. The number of benzene rings is 1. The number of aliphatic imine (C=N–C) groups is 1. The number of para-hydroxylation sites is 1. The van der Waals surface area contributed by atoms with Crippen molar-refractivity contribution < 1.29 is 0 Å². The first-order chi connectivity index (χ1) is 9.24. The molecule has 0 bridgehead atoms. The molecule has 0 radical (unpaired) electrons. The molecule has 0 spiro atoms. The summed E-state index contributed by atoms with van der Waals surface area (Å²) in [6, 6.07) is 8.08. The fraction of sp³-hybridized carbons (Fsp3) is 0.333. The lowest BCUT2D eigenvalue weighted by molar-refractivity contribution is 0.599. The van der Waals surface area contributed by atoms with Gasteiger partial charge in [-0.25, -0.2) is 4.99 Å². The molecule has 0 atom stereocenters. The van der Waals surface area contributed by atoms with Crippen molar-refractivity contribution in [3.63, 3.8) is 0 Å². The number of aromatic nitrogens is 1. The molecule has 1 aliphatic rings. The minimum absolute atomic E-state index is 0.681. The summed E-state index contributed by atoms with van der Waals surface area (Å²) in [6.07, 6.45) is 3.92. The summed E-state index contributed by atoms with van der Waals surface area (Å²) in [5, 5.41) is 1.10. The van der Waals surface area contributed by atoms with Crippen molar-refractivity contribution in [1.29, 1.82) is 0 Å². The van der Waals surface area contributed by atoms with E-state index in [2.05, 4.69) is 40.7 Å². The second kappa shape index (κ2) is 4.88. The van der Waals surface area contributed by atoms with Crippen LogP contribution in [-0.2, 0) is 0 Å². The summed E-state index contributed by atoms with van der Waals surface area (Å²) < 4.78 is 0. The molecule has 2 N–H and O–H groups in total. The SMILES string of the molecule is CC(C)CCC1=Nc2cnc3ccccc3c2NN1. The van der Waals surface area contributed by atoms with Crippen LogP contribution < -0.4 is 10.9 Å². The summed E-state index contributed by atoms with van der Waals surface area (Å²) in [5.74, 6) is 1.67. The summed E-state index contributed by atoms with van der Waals surface area (Å²) in [4.78, 5) is 9.10. The maximum atomic E-state index is 4.65. The van der Waals surface area contributed by atoms with E-state index in [9.17, 15) is 0 Å². The minimum Gasteiger partial charge on any atom is -0.297 e. The van der Waals surface area contributed by atoms with E-state index >= 15 is 0 Å². The topological polar surface area (TPSA) is 49.3 Å². The molecule has 1 aromatic heterocycles. The lowest BCUT2D eigenvalue weighted by atomic mass is 10.1. The average molecular weight is 254 g/mol. The molecule has 0 fully saturated rings. The monoisotopic (exact) mass is 254 g/mol. The largest absolute Gasteiger partial charge is 0.297 e. The van der Waals surface area contributed by atoms with Gasteiger partial charge in [0.05, 0.1) is 17.4 Å². The Balaban J connectivity index is 1.95. The lowest BCUT2D eigenvalue weighted by Gasteiger charge is -2.21. The van der Waals surface area contributed by atoms with E-state index < -0.39 is 0 Å². The van der Waals surface area contributed by atoms with E-state index in [1.165, 1.54) is 0 Å². The van der Waals surface area contributed by atoms with Crippen molar-refractivity contribution in [1.82, 2.24) is 10.4 Å². The number of nitrogens with one attached hydrogen (secondary N) is 2. The highest BCUT2D eigenvalue weighted by molar-refractivity contribution is 6.01. The van der Waals surface area contributed by atoms with Gasteiger partial charge in [0.15, 0.2) is 0 Å². The third-order valence-corrected chi connectivity index (χ3v) is 3.30. The Bertz CT molecular complexity index is 631. The molecule has 0 aliphatic carbocycles. The van der Waals surface area contributed by atoms with E-state index in [0.717, 1.165) is 41.0 Å². The summed E-state index contributed by atoms with van der Waals surface area (Å²) in [6.45, 7) is 4.44. The second-order valence-corrected chi connectivity index (χ2v) is 5.28. The van der Waals surface area contributed by atoms with Gasteiger partial charge in [0, 0.05) is 11.8 Å². The standard InChI is InChI=1S/C15H18N4/c1-10(2)7-8-14-17-13-9-16-12-6-4-3-5-11(12)15(13)19-18-14/h3-6,9-10,19H,7-8H2,1-2H3,(H,17,18). The minimum atomic E-state index is 0.681. The average Bonchev–Trinajstić information content (AvgIpc) is 2.44. The molecular formula is C15H18N4. The fourth-order valence-electron chi connectivity index (χ4n) is 2.20. The molecule has 1 aliphatic heterocycles. The number of anilines is 1. The maximum absolute atomic E-state index is 4.65. The fourth-order valence-corrected chi connectivity index (χ4v) is 2.20. The zero-order chi connectivity index (χ0) is 13.2. The molecule has 4 heteroatoms. The molecule has 4 nitrogen and oxygen atoms in total. The zero-order valence-corrected chi connectivity index (χ0v) is 11.3. The number of nitrogens with zero attached hydrogens (tertiary/aromatic N) is 2. The number of fused-ring (bicyclic) bond motifs is 3. The maximum Gasteiger partial charge on any atom is 0.121 e. The first-order valence-electron chi connectivity index (χ1n) is 6.71. The van der Waals surface area contributed by atoms with Crippen LogP contribution >= 0.6 is 0 Å². The quantitative estimate of drug-likeness (QED) is 0.879. The molecular weight excluding hydrogens is 236 g/mol. The van der Waals surface area contributed by atoms with Crippen molar-refractivity contribution in [2.75, 3.05) is 5.43 Å². The van der Waals surface area contributed by atoms with Crippen molar-refractivity contribution in [3.05, 3.63) is 30.5 Å². The Morgan fingerprint density at radius 3 is 2.84 bits per heavy atom. The first-order valence-corrected chi connectivity index (χ1v) is 6.71. The second-order valence-electron chi connectivity index (χ2n) is 5.28.